The van der Waals surface area contributed by atoms with Gasteiger partial charge in [-0.2, -0.15) is 4.31 Å². The van der Waals surface area contributed by atoms with E-state index in [-0.39, 0.29) is 16.5 Å². The Bertz CT molecular complexity index is 950. The summed E-state index contributed by atoms with van der Waals surface area (Å²) >= 11 is 0. The van der Waals surface area contributed by atoms with Crippen molar-refractivity contribution in [2.75, 3.05) is 19.7 Å². The van der Waals surface area contributed by atoms with E-state index >= 15 is 0 Å². The normalized spacial score (nSPS) is 18.0. The number of carbonyl (C=O) groups excluding carboxylic acids is 3. The average molecular weight is 466 g/mol. The van der Waals surface area contributed by atoms with Crippen molar-refractivity contribution in [1.29, 1.82) is 0 Å². The molecule has 3 amide bonds. The van der Waals surface area contributed by atoms with Gasteiger partial charge in [-0.1, -0.05) is 31.7 Å². The van der Waals surface area contributed by atoms with Gasteiger partial charge in [0.2, 0.25) is 10.0 Å². The summed E-state index contributed by atoms with van der Waals surface area (Å²) < 4.78 is 32.4. The first-order valence-electron chi connectivity index (χ1n) is 11.2. The highest BCUT2D eigenvalue weighted by molar-refractivity contribution is 7.89. The van der Waals surface area contributed by atoms with Gasteiger partial charge in [0.25, 0.3) is 5.91 Å². The predicted molar refractivity (Wildman–Crippen MR) is 118 cm³/mol. The third-order valence-electron chi connectivity index (χ3n) is 5.88. The quantitative estimate of drug-likeness (QED) is 0.623. The Morgan fingerprint density at radius 2 is 1.69 bits per heavy atom. The number of nitrogens with one attached hydrogen (secondary N) is 2. The van der Waals surface area contributed by atoms with E-state index in [0.717, 1.165) is 51.4 Å². The lowest BCUT2D eigenvalue weighted by Crippen LogP contribution is -2.46. The molecule has 0 radical (unpaired) electrons. The second kappa shape index (κ2) is 10.9. The topological polar surface area (TPSA) is 122 Å². The van der Waals surface area contributed by atoms with Crippen LogP contribution in [0.4, 0.5) is 4.79 Å². The largest absolute Gasteiger partial charge is 0.452 e. The smallest absolute Gasteiger partial charge is 0.338 e. The van der Waals surface area contributed by atoms with E-state index in [0.29, 0.717) is 18.7 Å². The summed E-state index contributed by atoms with van der Waals surface area (Å²) in [6.45, 7) is 1.95. The summed E-state index contributed by atoms with van der Waals surface area (Å²) in [5.41, 5.74) is 0.565. The van der Waals surface area contributed by atoms with Gasteiger partial charge >= 0.3 is 12.0 Å². The molecule has 2 fully saturated rings. The number of hydrogen-bond acceptors (Lipinski definition) is 6. The number of hydrogen-bond donors (Lipinski definition) is 2. The Morgan fingerprint density at radius 3 is 2.38 bits per heavy atom. The number of amides is 3. The molecule has 1 aliphatic carbocycles. The van der Waals surface area contributed by atoms with Crippen LogP contribution in [0.2, 0.25) is 0 Å². The molecule has 2 aliphatic rings. The van der Waals surface area contributed by atoms with Crippen LogP contribution in [0.5, 0.6) is 0 Å². The number of imide groups is 1. The summed E-state index contributed by atoms with van der Waals surface area (Å²) in [7, 11) is -3.72. The maximum absolute atomic E-state index is 13.0. The molecular weight excluding hydrogens is 434 g/mol. The molecule has 1 aromatic rings. The van der Waals surface area contributed by atoms with Crippen molar-refractivity contribution in [2.45, 2.75) is 69.2 Å². The average Bonchev–Trinajstić information content (AvgIpc) is 2.79. The van der Waals surface area contributed by atoms with Gasteiger partial charge in [0.05, 0.1) is 10.5 Å². The van der Waals surface area contributed by atoms with Crippen molar-refractivity contribution in [3.8, 4) is 0 Å². The number of aryl methyl sites for hydroxylation is 1. The number of piperidine rings is 1. The number of benzene rings is 1. The molecular formula is C22H31N3O6S. The second-order valence-electron chi connectivity index (χ2n) is 8.38. The predicted octanol–water partition coefficient (Wildman–Crippen LogP) is 2.48. The van der Waals surface area contributed by atoms with E-state index in [1.54, 1.807) is 13.0 Å². The van der Waals surface area contributed by atoms with Gasteiger partial charge in [-0.3, -0.25) is 10.1 Å². The van der Waals surface area contributed by atoms with Crippen LogP contribution in [0.25, 0.3) is 0 Å². The van der Waals surface area contributed by atoms with Crippen LogP contribution in [0.1, 0.15) is 67.3 Å². The molecule has 1 saturated carbocycles. The van der Waals surface area contributed by atoms with Crippen LogP contribution in [-0.2, 0) is 19.6 Å². The fourth-order valence-electron chi connectivity index (χ4n) is 4.09. The third kappa shape index (κ3) is 6.29. The first-order valence-corrected chi connectivity index (χ1v) is 12.6. The van der Waals surface area contributed by atoms with Gasteiger partial charge in [0.1, 0.15) is 0 Å². The Kier molecular flexibility index (Phi) is 8.25. The number of urea groups is 1. The van der Waals surface area contributed by atoms with Gasteiger partial charge in [-0.15, -0.1) is 0 Å². The van der Waals surface area contributed by atoms with Crippen LogP contribution in [0.3, 0.4) is 0 Å². The van der Waals surface area contributed by atoms with Gasteiger partial charge in [0.15, 0.2) is 6.61 Å². The first-order chi connectivity index (χ1) is 15.3. The summed E-state index contributed by atoms with van der Waals surface area (Å²) in [6.07, 6.45) is 7.62. The molecule has 1 aliphatic heterocycles. The van der Waals surface area contributed by atoms with Gasteiger partial charge < -0.3 is 10.1 Å². The van der Waals surface area contributed by atoms with Gasteiger partial charge in [0, 0.05) is 19.1 Å². The van der Waals surface area contributed by atoms with Crippen molar-refractivity contribution in [3.05, 3.63) is 29.3 Å². The lowest BCUT2D eigenvalue weighted by Gasteiger charge is -2.26. The zero-order valence-electron chi connectivity index (χ0n) is 18.4. The zero-order valence-corrected chi connectivity index (χ0v) is 19.2. The molecule has 1 heterocycles. The summed E-state index contributed by atoms with van der Waals surface area (Å²) in [4.78, 5) is 36.4. The van der Waals surface area contributed by atoms with E-state index in [2.05, 4.69) is 10.6 Å². The van der Waals surface area contributed by atoms with Crippen LogP contribution in [0, 0.1) is 6.92 Å². The molecule has 0 atom stereocenters. The fraction of sp³-hybridized carbons (Fsp3) is 0.591. The van der Waals surface area contributed by atoms with E-state index in [1.165, 1.54) is 16.4 Å². The molecule has 1 aromatic carbocycles. The van der Waals surface area contributed by atoms with Crippen molar-refractivity contribution in [1.82, 2.24) is 14.9 Å². The van der Waals surface area contributed by atoms with Crippen molar-refractivity contribution >= 4 is 27.9 Å². The molecule has 10 heteroatoms. The number of esters is 1. The van der Waals surface area contributed by atoms with Crippen LogP contribution in [0.15, 0.2) is 23.1 Å². The molecule has 2 N–H and O–H groups in total. The molecule has 9 nitrogen and oxygen atoms in total. The monoisotopic (exact) mass is 465 g/mol. The van der Waals surface area contributed by atoms with Crippen molar-refractivity contribution < 1.29 is 27.5 Å². The molecule has 0 bridgehead atoms. The molecule has 0 spiro atoms. The standard InChI is InChI=1S/C22H31N3O6S/c1-16-10-11-17(14-19(16)32(29,30)25-12-6-3-7-13-25)21(27)31-15-20(26)24-22(28)23-18-8-4-2-5-9-18/h10-11,14,18H,2-9,12-13,15H2,1H3,(H2,23,24,26,28). The molecule has 32 heavy (non-hydrogen) atoms. The highest BCUT2D eigenvalue weighted by atomic mass is 32.2. The van der Waals surface area contributed by atoms with Crippen molar-refractivity contribution in [3.63, 3.8) is 0 Å². The molecule has 3 rings (SSSR count). The third-order valence-corrected chi connectivity index (χ3v) is 7.93. The fourth-order valence-corrected chi connectivity index (χ4v) is 5.86. The van der Waals surface area contributed by atoms with E-state index < -0.39 is 34.5 Å². The first kappa shape index (κ1) is 24.2. The van der Waals surface area contributed by atoms with E-state index in [1.807, 2.05) is 0 Å². The number of carbonyl (C=O) groups is 3. The number of nitrogens with zero attached hydrogens (tertiary/aromatic N) is 1. The molecule has 1 saturated heterocycles. The molecule has 176 valence electrons. The van der Waals surface area contributed by atoms with Gasteiger partial charge in [-0.05, 0) is 50.3 Å². The summed E-state index contributed by atoms with van der Waals surface area (Å²) in [6, 6.07) is 3.73. The lowest BCUT2D eigenvalue weighted by atomic mass is 9.96. The van der Waals surface area contributed by atoms with Crippen molar-refractivity contribution in [2.24, 2.45) is 0 Å². The number of ether oxygens (including phenoxy) is 1. The van der Waals surface area contributed by atoms with Crippen LogP contribution in [-0.4, -0.2) is 56.4 Å². The minimum absolute atomic E-state index is 0.0330. The maximum atomic E-state index is 13.0. The van der Waals surface area contributed by atoms with Crippen LogP contribution < -0.4 is 10.6 Å². The maximum Gasteiger partial charge on any atom is 0.338 e. The van der Waals surface area contributed by atoms with E-state index in [4.69, 9.17) is 4.74 Å². The minimum Gasteiger partial charge on any atom is -0.452 e. The second-order valence-corrected chi connectivity index (χ2v) is 10.3. The van der Waals surface area contributed by atoms with Gasteiger partial charge in [-0.25, -0.2) is 18.0 Å². The zero-order chi connectivity index (χ0) is 23.1. The Hall–Kier alpha value is -2.46. The van der Waals surface area contributed by atoms with E-state index in [9.17, 15) is 22.8 Å². The number of sulfonamides is 1. The molecule has 0 unspecified atom stereocenters. The minimum atomic E-state index is -3.72. The Labute approximate surface area is 188 Å². The Morgan fingerprint density at radius 1 is 1.03 bits per heavy atom. The highest BCUT2D eigenvalue weighted by Gasteiger charge is 2.28. The lowest BCUT2D eigenvalue weighted by molar-refractivity contribution is -0.123. The SMILES string of the molecule is Cc1ccc(C(=O)OCC(=O)NC(=O)NC2CCCCC2)cc1S(=O)(=O)N1CCCCC1. The molecule has 0 aromatic heterocycles. The highest BCUT2D eigenvalue weighted by Crippen LogP contribution is 2.24. The van der Waals surface area contributed by atoms with Crippen LogP contribution >= 0.6 is 0 Å². The summed E-state index contributed by atoms with van der Waals surface area (Å²) in [5.74, 6) is -1.58. The summed E-state index contributed by atoms with van der Waals surface area (Å²) in [5, 5.41) is 4.90. The Balaban J connectivity index is 1.56. The number of rotatable bonds is 6.